The molecule has 1 N–H and O–H groups in total. The van der Waals surface area contributed by atoms with Gasteiger partial charge in [-0.25, -0.2) is 4.79 Å². The van der Waals surface area contributed by atoms with Gasteiger partial charge >= 0.3 is 71.4 Å². The predicted molar refractivity (Wildman–Crippen MR) is 81.5 cm³/mol. The lowest BCUT2D eigenvalue weighted by molar-refractivity contribution is -0.478. The molecule has 0 bridgehead atoms. The summed E-state index contributed by atoms with van der Waals surface area (Å²) in [7, 11) is 0. The van der Waals surface area contributed by atoms with Crippen molar-refractivity contribution in [2.45, 2.75) is 78.2 Å². The smallest absolute Gasteiger partial charge is 0.460 e. The topological polar surface area (TPSA) is 37.3 Å². The second kappa shape index (κ2) is 9.82. The third-order valence-corrected chi connectivity index (χ3v) is 5.01. The van der Waals surface area contributed by atoms with Gasteiger partial charge in [-0.1, -0.05) is 6.58 Å². The number of carbonyl (C=O) groups is 1. The monoisotopic (exact) mass is 668 g/mol. The summed E-state index contributed by atoms with van der Waals surface area (Å²) in [5.41, 5.74) is -1.61. The number of hydrogen-bond donors (Lipinski definition) is 1. The molecular formula is C16H7F23O2. The van der Waals surface area contributed by atoms with Crippen molar-refractivity contribution < 1.29 is 111 Å². The number of carboxylic acids is 1. The summed E-state index contributed by atoms with van der Waals surface area (Å²) >= 11 is 0. The third-order valence-electron chi connectivity index (χ3n) is 5.01. The van der Waals surface area contributed by atoms with Crippen molar-refractivity contribution in [3.05, 3.63) is 12.2 Å². The van der Waals surface area contributed by atoms with Crippen LogP contribution in [-0.2, 0) is 4.79 Å². The van der Waals surface area contributed by atoms with Gasteiger partial charge in [0.25, 0.3) is 0 Å². The van der Waals surface area contributed by atoms with E-state index in [1.54, 1.807) is 0 Å². The van der Waals surface area contributed by atoms with Gasteiger partial charge in [0.05, 0.1) is 0 Å². The minimum atomic E-state index is -9.45. The maximum atomic E-state index is 13.7. The van der Waals surface area contributed by atoms with Crippen LogP contribution in [0.25, 0.3) is 0 Å². The maximum absolute atomic E-state index is 13.7. The first-order valence-corrected chi connectivity index (χ1v) is 9.08. The molecule has 0 unspecified atom stereocenters. The van der Waals surface area contributed by atoms with Crippen molar-refractivity contribution in [3.8, 4) is 0 Å². The van der Waals surface area contributed by atoms with Crippen LogP contribution < -0.4 is 0 Å². The van der Waals surface area contributed by atoms with E-state index < -0.39 is 89.8 Å². The lowest BCUT2D eigenvalue weighted by atomic mass is 9.84. The molecule has 0 rings (SSSR count). The number of aliphatic carboxylic acids is 1. The van der Waals surface area contributed by atoms with E-state index in [9.17, 15) is 106 Å². The standard InChI is InChI=1S/C16H7F23O2/c1-4(5(40)41)2-3-6(17,18)7(19,20)8(21,22)9(23,24)10(25,26)11(27,28)12(29,30)13(31,32)14(33,34)15(35,36)16(37,38)39/h1-3H2,(H,40,41). The zero-order valence-electron chi connectivity index (χ0n) is 18.2. The molecule has 0 radical (unpaired) electrons. The van der Waals surface area contributed by atoms with Gasteiger partial charge in [-0.2, -0.15) is 101 Å². The van der Waals surface area contributed by atoms with E-state index in [2.05, 4.69) is 6.58 Å². The SMILES string of the molecule is C=C(CCC(F)(F)C(F)(F)C(F)(F)C(F)(F)C(F)(F)C(F)(F)C(F)(F)C(F)(F)C(F)(F)C(F)(F)C(F)(F)F)C(=O)O. The van der Waals surface area contributed by atoms with Crippen molar-refractivity contribution >= 4 is 5.97 Å². The van der Waals surface area contributed by atoms with Gasteiger partial charge < -0.3 is 5.11 Å². The Balaban J connectivity index is 7.08. The van der Waals surface area contributed by atoms with Crippen LogP contribution in [0.1, 0.15) is 12.8 Å². The van der Waals surface area contributed by atoms with Crippen LogP contribution in [0, 0.1) is 0 Å². The minimum Gasteiger partial charge on any atom is -0.478 e. The average molecular weight is 668 g/mol. The number of halogens is 23. The summed E-state index contributed by atoms with van der Waals surface area (Å²) in [6.07, 6.45) is -13.3. The zero-order valence-corrected chi connectivity index (χ0v) is 18.2. The van der Waals surface area contributed by atoms with Crippen LogP contribution in [0.3, 0.4) is 0 Å². The summed E-state index contributed by atoms with van der Waals surface area (Å²) in [6.45, 7) is 2.35. The van der Waals surface area contributed by atoms with Crippen LogP contribution in [0.2, 0.25) is 0 Å². The predicted octanol–water partition coefficient (Wildman–Crippen LogP) is 8.32. The van der Waals surface area contributed by atoms with Gasteiger partial charge in [-0.05, 0) is 6.42 Å². The highest BCUT2D eigenvalue weighted by atomic mass is 19.4. The van der Waals surface area contributed by atoms with Crippen molar-refractivity contribution in [2.24, 2.45) is 0 Å². The van der Waals surface area contributed by atoms with Crippen molar-refractivity contribution in [1.82, 2.24) is 0 Å². The van der Waals surface area contributed by atoms with Crippen molar-refractivity contribution in [1.29, 1.82) is 0 Å². The van der Waals surface area contributed by atoms with Gasteiger partial charge in [-0.15, -0.1) is 0 Å². The molecule has 244 valence electrons. The van der Waals surface area contributed by atoms with Crippen molar-refractivity contribution in [2.75, 3.05) is 0 Å². The summed E-state index contributed by atoms with van der Waals surface area (Å²) in [5, 5.41) is 8.28. The van der Waals surface area contributed by atoms with E-state index in [0.29, 0.717) is 0 Å². The Hall–Kier alpha value is -2.40. The zero-order chi connectivity index (χ0) is 34.1. The molecule has 0 heterocycles. The molecule has 0 aliphatic carbocycles. The Morgan fingerprint density at radius 2 is 0.659 bits per heavy atom. The molecule has 0 aliphatic heterocycles. The second-order valence-corrected chi connectivity index (χ2v) is 7.78. The van der Waals surface area contributed by atoms with Crippen LogP contribution in [0.5, 0.6) is 0 Å². The molecule has 25 heteroatoms. The Morgan fingerprint density at radius 3 is 0.878 bits per heavy atom. The molecular weight excluding hydrogens is 661 g/mol. The molecule has 0 aromatic heterocycles. The highest BCUT2D eigenvalue weighted by molar-refractivity contribution is 5.85. The van der Waals surface area contributed by atoms with E-state index in [1.807, 2.05) is 0 Å². The van der Waals surface area contributed by atoms with E-state index in [1.165, 1.54) is 0 Å². The number of alkyl halides is 23. The molecule has 0 amide bonds. The summed E-state index contributed by atoms with van der Waals surface area (Å²) in [5.74, 6) is -90.6. The Morgan fingerprint density at radius 1 is 0.439 bits per heavy atom. The van der Waals surface area contributed by atoms with E-state index in [-0.39, 0.29) is 0 Å². The summed E-state index contributed by atoms with van der Waals surface area (Å²) in [6, 6.07) is 0. The van der Waals surface area contributed by atoms with Gasteiger partial charge in [0, 0.05) is 12.0 Å². The lowest BCUT2D eigenvalue weighted by Crippen LogP contribution is -2.77. The Kier molecular flexibility index (Phi) is 9.25. The average Bonchev–Trinajstić information content (AvgIpc) is 2.75. The number of rotatable bonds is 13. The normalized spacial score (nSPS) is 16.2. The summed E-state index contributed by atoms with van der Waals surface area (Å²) < 4.78 is 305. The van der Waals surface area contributed by atoms with Crippen molar-refractivity contribution in [3.63, 3.8) is 0 Å². The maximum Gasteiger partial charge on any atom is 0.460 e. The molecule has 2 nitrogen and oxygen atoms in total. The largest absolute Gasteiger partial charge is 0.478 e. The van der Waals surface area contributed by atoms with E-state index in [0.717, 1.165) is 0 Å². The first kappa shape index (κ1) is 38.6. The van der Waals surface area contributed by atoms with Crippen LogP contribution in [-0.4, -0.2) is 76.5 Å². The fourth-order valence-electron chi connectivity index (χ4n) is 2.36. The summed E-state index contributed by atoms with van der Waals surface area (Å²) in [4.78, 5) is 10.3. The minimum absolute atomic E-state index is 1.61. The number of hydrogen-bond acceptors (Lipinski definition) is 1. The molecule has 41 heavy (non-hydrogen) atoms. The third kappa shape index (κ3) is 5.00. The molecule has 0 atom stereocenters. The fraction of sp³-hybridized carbons (Fsp3) is 0.812. The Labute approximate surface area is 208 Å². The molecule has 0 saturated carbocycles. The quantitative estimate of drug-likeness (QED) is 0.158. The van der Waals surface area contributed by atoms with Gasteiger partial charge in [0.1, 0.15) is 0 Å². The Bertz CT molecular complexity index is 1000. The molecule has 0 saturated heterocycles. The highest BCUT2D eigenvalue weighted by Gasteiger charge is 2.98. The van der Waals surface area contributed by atoms with Gasteiger partial charge in [0.15, 0.2) is 0 Å². The van der Waals surface area contributed by atoms with Crippen LogP contribution in [0.4, 0.5) is 101 Å². The highest BCUT2D eigenvalue weighted by Crippen LogP contribution is 2.67. The lowest BCUT2D eigenvalue weighted by Gasteiger charge is -2.45. The molecule has 0 aromatic carbocycles. The number of carboxylic acid groups (broad SMARTS) is 1. The molecule has 0 aromatic rings. The van der Waals surface area contributed by atoms with E-state index in [4.69, 9.17) is 5.11 Å². The van der Waals surface area contributed by atoms with E-state index >= 15 is 0 Å². The first-order chi connectivity index (χ1) is 17.3. The van der Waals surface area contributed by atoms with Gasteiger partial charge in [0.2, 0.25) is 0 Å². The first-order valence-electron chi connectivity index (χ1n) is 9.08. The molecule has 0 aliphatic rings. The molecule has 0 spiro atoms. The van der Waals surface area contributed by atoms with Gasteiger partial charge in [-0.3, -0.25) is 0 Å². The van der Waals surface area contributed by atoms with Crippen LogP contribution >= 0.6 is 0 Å². The van der Waals surface area contributed by atoms with Crippen LogP contribution in [0.15, 0.2) is 12.2 Å². The molecule has 0 fully saturated rings. The second-order valence-electron chi connectivity index (χ2n) is 7.78. The fourth-order valence-corrected chi connectivity index (χ4v) is 2.36.